The third-order valence-electron chi connectivity index (χ3n) is 2.79. The summed E-state index contributed by atoms with van der Waals surface area (Å²) in [5, 5.41) is 5.65. The van der Waals surface area contributed by atoms with Gasteiger partial charge in [-0.15, -0.1) is 0 Å². The molecule has 1 heterocycles. The van der Waals surface area contributed by atoms with Gasteiger partial charge in [0.25, 0.3) is 0 Å². The summed E-state index contributed by atoms with van der Waals surface area (Å²) >= 11 is 0. The van der Waals surface area contributed by atoms with E-state index < -0.39 is 0 Å². The fourth-order valence-electron chi connectivity index (χ4n) is 1.72. The number of hydrogen-bond acceptors (Lipinski definition) is 5. The Kier molecular flexibility index (Phi) is 8.11. The summed E-state index contributed by atoms with van der Waals surface area (Å²) in [5.41, 5.74) is 0. The van der Waals surface area contributed by atoms with Crippen LogP contribution in [0.2, 0.25) is 0 Å². The number of ether oxygens (including phenoxy) is 2. The maximum atomic E-state index is 11.8. The van der Waals surface area contributed by atoms with Gasteiger partial charge in [0, 0.05) is 39.7 Å². The lowest BCUT2D eigenvalue weighted by atomic mass is 10.3. The van der Waals surface area contributed by atoms with Crippen LogP contribution in [0.1, 0.15) is 6.42 Å². The zero-order valence-corrected chi connectivity index (χ0v) is 11.4. The predicted molar refractivity (Wildman–Crippen MR) is 69.8 cm³/mol. The summed E-state index contributed by atoms with van der Waals surface area (Å²) in [5.74, 6) is 0.0199. The minimum atomic E-state index is -0.0872. The molecule has 1 aliphatic rings. The summed E-state index contributed by atoms with van der Waals surface area (Å²) < 4.78 is 10.0. The Hall–Kier alpha value is -1.18. The van der Waals surface area contributed by atoms with Crippen LogP contribution in [0.15, 0.2) is 0 Å². The Morgan fingerprint density at radius 2 is 2.00 bits per heavy atom. The smallest absolute Gasteiger partial charge is 0.234 e. The molecule has 0 bridgehead atoms. The van der Waals surface area contributed by atoms with Crippen LogP contribution in [0.25, 0.3) is 0 Å². The Labute approximate surface area is 113 Å². The topological polar surface area (TPSA) is 79.9 Å². The second kappa shape index (κ2) is 9.71. The largest absolute Gasteiger partial charge is 0.383 e. The molecular weight excluding hydrogens is 250 g/mol. The lowest BCUT2D eigenvalue weighted by molar-refractivity contribution is -0.135. The van der Waals surface area contributed by atoms with Crippen molar-refractivity contribution in [3.8, 4) is 0 Å². The van der Waals surface area contributed by atoms with Crippen LogP contribution in [-0.4, -0.2) is 76.4 Å². The number of carbonyl (C=O) groups excluding carboxylic acids is 2. The van der Waals surface area contributed by atoms with Crippen LogP contribution in [0.3, 0.4) is 0 Å². The van der Waals surface area contributed by atoms with Crippen molar-refractivity contribution >= 4 is 11.8 Å². The first-order chi connectivity index (χ1) is 9.24. The number of nitrogens with one attached hydrogen (secondary N) is 2. The van der Waals surface area contributed by atoms with E-state index in [2.05, 4.69) is 10.6 Å². The summed E-state index contributed by atoms with van der Waals surface area (Å²) in [4.78, 5) is 24.9. The number of rotatable bonds is 8. The van der Waals surface area contributed by atoms with E-state index in [1.165, 1.54) is 0 Å². The van der Waals surface area contributed by atoms with Crippen LogP contribution in [-0.2, 0) is 19.1 Å². The molecule has 0 aromatic heterocycles. The molecule has 0 unspecified atom stereocenters. The monoisotopic (exact) mass is 273 g/mol. The number of hydrogen-bond donors (Lipinski definition) is 2. The van der Waals surface area contributed by atoms with Crippen LogP contribution in [0, 0.1) is 0 Å². The molecule has 1 rings (SSSR count). The molecule has 0 radical (unpaired) electrons. The molecule has 0 saturated carbocycles. The molecule has 7 heteroatoms. The molecule has 110 valence electrons. The van der Waals surface area contributed by atoms with Gasteiger partial charge in [0.05, 0.1) is 26.4 Å². The van der Waals surface area contributed by atoms with Gasteiger partial charge in [-0.1, -0.05) is 0 Å². The molecule has 0 aromatic rings. The first-order valence-electron chi connectivity index (χ1n) is 6.56. The fraction of sp³-hybridized carbons (Fsp3) is 0.833. The molecule has 0 aromatic carbocycles. The Morgan fingerprint density at radius 3 is 2.68 bits per heavy atom. The Morgan fingerprint density at radius 1 is 1.26 bits per heavy atom. The highest BCUT2D eigenvalue weighted by Gasteiger charge is 2.15. The van der Waals surface area contributed by atoms with E-state index >= 15 is 0 Å². The summed E-state index contributed by atoms with van der Waals surface area (Å²) in [6.45, 7) is 4.29. The molecule has 0 atom stereocenters. The summed E-state index contributed by atoms with van der Waals surface area (Å²) in [6.07, 6.45) is 0.408. The second-order valence-corrected chi connectivity index (χ2v) is 4.26. The molecule has 2 N–H and O–H groups in total. The van der Waals surface area contributed by atoms with Gasteiger partial charge in [0.15, 0.2) is 0 Å². The first-order valence-corrected chi connectivity index (χ1v) is 6.56. The number of morpholine rings is 1. The van der Waals surface area contributed by atoms with E-state index in [0.29, 0.717) is 52.4 Å². The molecule has 1 aliphatic heterocycles. The lowest BCUT2D eigenvalue weighted by Crippen LogP contribution is -2.42. The van der Waals surface area contributed by atoms with Gasteiger partial charge in [-0.3, -0.25) is 9.59 Å². The molecule has 1 saturated heterocycles. The zero-order chi connectivity index (χ0) is 13.9. The summed E-state index contributed by atoms with van der Waals surface area (Å²) in [6, 6.07) is 0. The van der Waals surface area contributed by atoms with Crippen molar-refractivity contribution in [2.75, 3.05) is 59.7 Å². The number of methoxy groups -OCH3 is 1. The molecule has 2 amide bonds. The molecule has 0 aliphatic carbocycles. The van der Waals surface area contributed by atoms with Gasteiger partial charge >= 0.3 is 0 Å². The van der Waals surface area contributed by atoms with E-state index in [1.54, 1.807) is 12.0 Å². The van der Waals surface area contributed by atoms with Crippen molar-refractivity contribution in [2.24, 2.45) is 0 Å². The Bertz CT molecular complexity index is 280. The molecular formula is C12H23N3O4. The zero-order valence-electron chi connectivity index (χ0n) is 11.4. The minimum Gasteiger partial charge on any atom is -0.383 e. The van der Waals surface area contributed by atoms with Gasteiger partial charge in [0.2, 0.25) is 11.8 Å². The molecule has 1 fully saturated rings. The number of nitrogens with zero attached hydrogens (tertiary/aromatic N) is 1. The molecule has 19 heavy (non-hydrogen) atoms. The Balaban J connectivity index is 2.00. The van der Waals surface area contributed by atoms with Gasteiger partial charge < -0.3 is 25.0 Å². The van der Waals surface area contributed by atoms with Crippen molar-refractivity contribution in [3.63, 3.8) is 0 Å². The number of amides is 2. The minimum absolute atomic E-state index is 0.0872. The van der Waals surface area contributed by atoms with E-state index in [4.69, 9.17) is 9.47 Å². The normalized spacial score (nSPS) is 15.3. The van der Waals surface area contributed by atoms with E-state index in [9.17, 15) is 9.59 Å². The average molecular weight is 273 g/mol. The van der Waals surface area contributed by atoms with Gasteiger partial charge in [0.1, 0.15) is 0 Å². The predicted octanol–water partition coefficient (Wildman–Crippen LogP) is -1.41. The maximum absolute atomic E-state index is 11.8. The van der Waals surface area contributed by atoms with Crippen LogP contribution >= 0.6 is 0 Å². The van der Waals surface area contributed by atoms with Gasteiger partial charge in [-0.2, -0.15) is 0 Å². The first kappa shape index (κ1) is 15.9. The molecule has 7 nitrogen and oxygen atoms in total. The summed E-state index contributed by atoms with van der Waals surface area (Å²) in [7, 11) is 1.58. The molecule has 0 spiro atoms. The maximum Gasteiger partial charge on any atom is 0.234 e. The van der Waals surface area contributed by atoms with E-state index in [1.807, 2.05) is 0 Å². The van der Waals surface area contributed by atoms with Crippen LogP contribution in [0.5, 0.6) is 0 Å². The van der Waals surface area contributed by atoms with Crippen LogP contribution in [0.4, 0.5) is 0 Å². The number of carbonyl (C=O) groups is 2. The van der Waals surface area contributed by atoms with Crippen molar-refractivity contribution < 1.29 is 19.1 Å². The SMILES string of the molecule is COCCNC(=O)CNCCC(=O)N1CCOCC1. The average Bonchev–Trinajstić information content (AvgIpc) is 2.44. The van der Waals surface area contributed by atoms with Gasteiger partial charge in [-0.05, 0) is 0 Å². The van der Waals surface area contributed by atoms with Crippen molar-refractivity contribution in [1.29, 1.82) is 0 Å². The highest BCUT2D eigenvalue weighted by molar-refractivity contribution is 5.78. The van der Waals surface area contributed by atoms with E-state index in [0.717, 1.165) is 0 Å². The van der Waals surface area contributed by atoms with Crippen molar-refractivity contribution in [3.05, 3.63) is 0 Å². The quantitative estimate of drug-likeness (QED) is 0.531. The highest BCUT2D eigenvalue weighted by atomic mass is 16.5. The van der Waals surface area contributed by atoms with E-state index in [-0.39, 0.29) is 18.4 Å². The lowest BCUT2D eigenvalue weighted by Gasteiger charge is -2.26. The third kappa shape index (κ3) is 7.09. The standard InChI is InChI=1S/C12H23N3O4/c1-18-7-4-14-11(16)10-13-3-2-12(17)15-5-8-19-9-6-15/h13H,2-10H2,1H3,(H,14,16). The second-order valence-electron chi connectivity index (χ2n) is 4.26. The van der Waals surface area contributed by atoms with Crippen molar-refractivity contribution in [1.82, 2.24) is 15.5 Å². The highest BCUT2D eigenvalue weighted by Crippen LogP contribution is 1.99. The third-order valence-corrected chi connectivity index (χ3v) is 2.79. The van der Waals surface area contributed by atoms with Crippen LogP contribution < -0.4 is 10.6 Å². The van der Waals surface area contributed by atoms with Gasteiger partial charge in [-0.25, -0.2) is 0 Å². The van der Waals surface area contributed by atoms with Crippen molar-refractivity contribution in [2.45, 2.75) is 6.42 Å². The fourth-order valence-corrected chi connectivity index (χ4v) is 1.72.